The molecular formula is C23H24O11. The molecule has 0 bridgehead atoms. The van der Waals surface area contributed by atoms with Crippen LogP contribution in [-0.2, 0) is 18.9 Å². The summed E-state index contributed by atoms with van der Waals surface area (Å²) in [6, 6.07) is 5.99. The zero-order valence-corrected chi connectivity index (χ0v) is 18.2. The quantitative estimate of drug-likeness (QED) is 0.407. The monoisotopic (exact) mass is 476 g/mol. The lowest BCUT2D eigenvalue weighted by Gasteiger charge is -2.39. The van der Waals surface area contributed by atoms with Gasteiger partial charge in [-0.05, 0) is 31.5 Å². The van der Waals surface area contributed by atoms with Crippen LogP contribution < -0.4 is 4.74 Å². The van der Waals surface area contributed by atoms with Crippen LogP contribution in [0.1, 0.15) is 35.9 Å². The van der Waals surface area contributed by atoms with Crippen molar-refractivity contribution in [3.8, 4) is 28.7 Å². The van der Waals surface area contributed by atoms with Crippen molar-refractivity contribution >= 4 is 5.78 Å². The molecule has 5 N–H and O–H groups in total. The Morgan fingerprint density at radius 2 is 1.76 bits per heavy atom. The van der Waals surface area contributed by atoms with Gasteiger partial charge in [-0.2, -0.15) is 0 Å². The predicted octanol–water partition coefficient (Wildman–Crippen LogP) is 1.45. The van der Waals surface area contributed by atoms with E-state index >= 15 is 0 Å². The summed E-state index contributed by atoms with van der Waals surface area (Å²) in [7, 11) is 0. The summed E-state index contributed by atoms with van der Waals surface area (Å²) in [6.45, 7) is 3.45. The Balaban J connectivity index is 1.50. The Bertz CT molecular complexity index is 1130. The third-order valence-electron chi connectivity index (χ3n) is 5.97. The van der Waals surface area contributed by atoms with Crippen LogP contribution in [0, 0.1) is 0 Å². The van der Waals surface area contributed by atoms with Crippen molar-refractivity contribution in [1.82, 2.24) is 0 Å². The van der Waals surface area contributed by atoms with E-state index < -0.39 is 59.9 Å². The highest BCUT2D eigenvalue weighted by molar-refractivity contribution is 6.05. The number of ketones is 1. The summed E-state index contributed by atoms with van der Waals surface area (Å²) in [5.74, 6) is -3.40. The normalized spacial score (nSPS) is 32.0. The van der Waals surface area contributed by atoms with Gasteiger partial charge in [0.25, 0.3) is 0 Å². The van der Waals surface area contributed by atoms with Crippen molar-refractivity contribution in [2.75, 3.05) is 6.61 Å². The minimum atomic E-state index is -1.43. The maximum atomic E-state index is 13.4. The molecule has 2 saturated heterocycles. The van der Waals surface area contributed by atoms with E-state index in [1.807, 2.05) is 0 Å². The number of hydrogen-bond acceptors (Lipinski definition) is 11. The van der Waals surface area contributed by atoms with Gasteiger partial charge >= 0.3 is 0 Å². The standard InChI is InChI=1S/C23H24O11/c1-23(2)33-15-8-30-22(18(29)20(15)34-23)32-21-17(28)16-13(27)6-10(24)7-14(16)31-19(21)9-3-4-11(25)12(26)5-9/h3-7,15,18-22,24-27,29H,8H2,1-2H3/t15-,18-,19-,20+,21+,22+/m1/s1. The van der Waals surface area contributed by atoms with Crippen molar-refractivity contribution in [3.63, 3.8) is 0 Å². The van der Waals surface area contributed by atoms with Gasteiger partial charge in [0, 0.05) is 12.1 Å². The summed E-state index contributed by atoms with van der Waals surface area (Å²) in [5, 5.41) is 50.7. The molecule has 0 saturated carbocycles. The Kier molecular flexibility index (Phi) is 5.34. The second-order valence-corrected chi connectivity index (χ2v) is 8.88. The van der Waals surface area contributed by atoms with E-state index in [2.05, 4.69) is 0 Å². The number of aromatic hydroxyl groups is 4. The number of aliphatic hydroxyl groups excluding tert-OH is 1. The maximum Gasteiger partial charge on any atom is 0.203 e. The van der Waals surface area contributed by atoms with Gasteiger partial charge in [0.2, 0.25) is 5.78 Å². The van der Waals surface area contributed by atoms with Gasteiger partial charge in [0.1, 0.15) is 41.1 Å². The number of hydrogen-bond donors (Lipinski definition) is 5. The number of phenols is 4. The van der Waals surface area contributed by atoms with Gasteiger partial charge in [-0.25, -0.2) is 0 Å². The van der Waals surface area contributed by atoms with Gasteiger partial charge in [-0.15, -0.1) is 0 Å². The summed E-state index contributed by atoms with van der Waals surface area (Å²) >= 11 is 0. The number of ether oxygens (including phenoxy) is 5. The SMILES string of the molecule is CC1(C)O[C@@H]2[C@@H](O)[C@H](O[C@H]3C(=O)c4c(O)cc(O)cc4O[C@@H]3c3ccc(O)c(O)c3)OC[C@H]2O1. The average Bonchev–Trinajstić information content (AvgIpc) is 3.08. The van der Waals surface area contributed by atoms with E-state index in [1.165, 1.54) is 24.3 Å². The van der Waals surface area contributed by atoms with Gasteiger partial charge in [0.05, 0.1) is 6.61 Å². The zero-order valence-electron chi connectivity index (χ0n) is 18.2. The number of phenolic OH excluding ortho intramolecular Hbond substituents is 4. The van der Waals surface area contributed by atoms with Crippen molar-refractivity contribution < 1.29 is 54.0 Å². The Hall–Kier alpha value is -3.09. The van der Waals surface area contributed by atoms with Crippen LogP contribution in [0.5, 0.6) is 28.7 Å². The Morgan fingerprint density at radius 1 is 1.00 bits per heavy atom. The molecular weight excluding hydrogens is 452 g/mol. The molecule has 6 atom stereocenters. The Labute approximate surface area is 193 Å². The second-order valence-electron chi connectivity index (χ2n) is 8.88. The molecule has 5 rings (SSSR count). The topological polar surface area (TPSA) is 164 Å². The Morgan fingerprint density at radius 3 is 2.50 bits per heavy atom. The fraction of sp³-hybridized carbons (Fsp3) is 0.435. The molecule has 0 amide bonds. The lowest BCUT2D eigenvalue weighted by molar-refractivity contribution is -0.267. The molecule has 2 aromatic carbocycles. The van der Waals surface area contributed by atoms with E-state index in [1.54, 1.807) is 13.8 Å². The fourth-order valence-corrected chi connectivity index (χ4v) is 4.49. The summed E-state index contributed by atoms with van der Waals surface area (Å²) in [5.41, 5.74) is 0.0405. The average molecular weight is 476 g/mol. The molecule has 3 aliphatic rings. The number of benzene rings is 2. The third-order valence-corrected chi connectivity index (χ3v) is 5.97. The van der Waals surface area contributed by atoms with Crippen molar-refractivity contribution in [3.05, 3.63) is 41.5 Å². The molecule has 11 heteroatoms. The molecule has 2 aromatic rings. The predicted molar refractivity (Wildman–Crippen MR) is 112 cm³/mol. The van der Waals surface area contributed by atoms with Crippen LogP contribution in [0.15, 0.2) is 30.3 Å². The summed E-state index contributed by atoms with van der Waals surface area (Å²) < 4.78 is 28.9. The van der Waals surface area contributed by atoms with Crippen molar-refractivity contribution in [2.45, 2.75) is 56.4 Å². The first-order chi connectivity index (χ1) is 16.0. The molecule has 2 fully saturated rings. The van der Waals surface area contributed by atoms with Crippen LogP contribution in [0.4, 0.5) is 0 Å². The number of rotatable bonds is 3. The number of carbonyl (C=O) groups excluding carboxylic acids is 1. The lowest BCUT2D eigenvalue weighted by Crippen LogP contribution is -2.55. The lowest BCUT2D eigenvalue weighted by atomic mass is 9.92. The minimum absolute atomic E-state index is 0.0396. The van der Waals surface area contributed by atoms with Crippen LogP contribution in [0.2, 0.25) is 0 Å². The molecule has 0 aliphatic carbocycles. The number of fused-ring (bicyclic) bond motifs is 2. The van der Waals surface area contributed by atoms with Crippen LogP contribution >= 0.6 is 0 Å². The highest BCUT2D eigenvalue weighted by Crippen LogP contribution is 2.45. The second kappa shape index (κ2) is 8.00. The van der Waals surface area contributed by atoms with E-state index in [9.17, 15) is 30.3 Å². The van der Waals surface area contributed by atoms with Crippen LogP contribution in [-0.4, -0.2) is 74.4 Å². The zero-order chi connectivity index (χ0) is 24.4. The highest BCUT2D eigenvalue weighted by Gasteiger charge is 2.53. The van der Waals surface area contributed by atoms with Crippen molar-refractivity contribution in [1.29, 1.82) is 0 Å². The molecule has 0 radical (unpaired) electrons. The van der Waals surface area contributed by atoms with Crippen LogP contribution in [0.25, 0.3) is 0 Å². The molecule has 0 unspecified atom stereocenters. The molecule has 34 heavy (non-hydrogen) atoms. The van der Waals surface area contributed by atoms with Gasteiger partial charge in [-0.3, -0.25) is 4.79 Å². The van der Waals surface area contributed by atoms with Gasteiger partial charge in [0.15, 0.2) is 35.8 Å². The summed E-state index contributed by atoms with van der Waals surface area (Å²) in [4.78, 5) is 13.4. The van der Waals surface area contributed by atoms with Crippen LogP contribution in [0.3, 0.4) is 0 Å². The summed E-state index contributed by atoms with van der Waals surface area (Å²) in [6.07, 6.45) is -6.51. The molecule has 11 nitrogen and oxygen atoms in total. The molecule has 0 aromatic heterocycles. The first-order valence-electron chi connectivity index (χ1n) is 10.6. The number of Topliss-reactive ketones (excluding diaryl/α,β-unsaturated/α-hetero) is 1. The first-order valence-corrected chi connectivity index (χ1v) is 10.6. The highest BCUT2D eigenvalue weighted by atomic mass is 16.8. The largest absolute Gasteiger partial charge is 0.508 e. The molecule has 0 spiro atoms. The number of carbonyl (C=O) groups is 1. The third kappa shape index (κ3) is 3.81. The van der Waals surface area contributed by atoms with Gasteiger partial charge < -0.3 is 49.2 Å². The molecule has 3 aliphatic heterocycles. The van der Waals surface area contributed by atoms with Gasteiger partial charge in [-0.1, -0.05) is 6.07 Å². The minimum Gasteiger partial charge on any atom is -0.508 e. The van der Waals surface area contributed by atoms with E-state index in [0.717, 1.165) is 6.07 Å². The van der Waals surface area contributed by atoms with Crippen molar-refractivity contribution in [2.24, 2.45) is 0 Å². The molecule has 3 heterocycles. The molecule has 182 valence electrons. The number of aliphatic hydroxyl groups is 1. The van der Waals surface area contributed by atoms with E-state index in [4.69, 9.17) is 23.7 Å². The van der Waals surface area contributed by atoms with E-state index in [0.29, 0.717) is 0 Å². The fourth-order valence-electron chi connectivity index (χ4n) is 4.49. The first kappa shape index (κ1) is 22.7. The maximum absolute atomic E-state index is 13.4. The smallest absolute Gasteiger partial charge is 0.203 e. The van der Waals surface area contributed by atoms with E-state index in [-0.39, 0.29) is 35.0 Å².